The van der Waals surface area contributed by atoms with E-state index in [0.29, 0.717) is 0 Å². The number of carbonyl (C=O) groups is 1. The Hall–Kier alpha value is -0.870. The summed E-state index contributed by atoms with van der Waals surface area (Å²) in [6.45, 7) is 2.19. The fourth-order valence-corrected chi connectivity index (χ4v) is 1.56. The first-order chi connectivity index (χ1) is 6.59. The van der Waals surface area contributed by atoms with E-state index < -0.39 is 0 Å². The quantitative estimate of drug-likeness (QED) is 0.860. The minimum absolute atomic E-state index is 0.125. The number of amides is 1. The van der Waals surface area contributed by atoms with Gasteiger partial charge in [0, 0.05) is 10.5 Å². The zero-order chi connectivity index (χ0) is 10.6. The number of hydrogen-bond acceptors (Lipinski definition) is 2. The van der Waals surface area contributed by atoms with Gasteiger partial charge in [-0.3, -0.25) is 4.79 Å². The van der Waals surface area contributed by atoms with Crippen LogP contribution in [-0.4, -0.2) is 12.5 Å². The van der Waals surface area contributed by atoms with Gasteiger partial charge in [0.25, 0.3) is 0 Å². The largest absolute Gasteiger partial charge is 0.369 e. The first-order valence-electron chi connectivity index (χ1n) is 4.36. The number of halogens is 1. The molecule has 1 aromatic rings. The van der Waals surface area contributed by atoms with E-state index in [9.17, 15) is 4.79 Å². The van der Waals surface area contributed by atoms with E-state index in [1.54, 1.807) is 0 Å². The zero-order valence-electron chi connectivity index (χ0n) is 7.96. The average Bonchev–Trinajstić information content (AvgIpc) is 2.14. The highest BCUT2D eigenvalue weighted by Crippen LogP contribution is 2.17. The summed E-state index contributed by atoms with van der Waals surface area (Å²) in [6, 6.07) is 8.06. The first-order valence-corrected chi connectivity index (χ1v) is 5.16. The van der Waals surface area contributed by atoms with E-state index in [0.717, 1.165) is 10.0 Å². The number of hydrogen-bond donors (Lipinski definition) is 2. The maximum absolute atomic E-state index is 10.6. The van der Waals surface area contributed by atoms with E-state index >= 15 is 0 Å². The molecule has 76 valence electrons. The van der Waals surface area contributed by atoms with Gasteiger partial charge in [-0.1, -0.05) is 28.1 Å². The van der Waals surface area contributed by atoms with Crippen molar-refractivity contribution in [3.63, 3.8) is 0 Å². The van der Waals surface area contributed by atoms with Crippen LogP contribution in [0.2, 0.25) is 0 Å². The van der Waals surface area contributed by atoms with Crippen LogP contribution in [-0.2, 0) is 4.79 Å². The molecule has 0 radical (unpaired) electrons. The third kappa shape index (κ3) is 3.47. The van der Waals surface area contributed by atoms with Gasteiger partial charge in [-0.15, -0.1) is 0 Å². The van der Waals surface area contributed by atoms with Crippen molar-refractivity contribution in [1.82, 2.24) is 5.32 Å². The Balaban J connectivity index is 2.60. The van der Waals surface area contributed by atoms with Crippen molar-refractivity contribution in [2.45, 2.75) is 13.0 Å². The summed E-state index contributed by atoms with van der Waals surface area (Å²) in [6.07, 6.45) is 0. The number of benzene rings is 1. The molecule has 0 saturated heterocycles. The van der Waals surface area contributed by atoms with Crippen molar-refractivity contribution >= 4 is 21.8 Å². The Morgan fingerprint density at radius 2 is 2.36 bits per heavy atom. The Kier molecular flexibility index (Phi) is 4.10. The molecule has 1 aromatic carbocycles. The molecule has 14 heavy (non-hydrogen) atoms. The Morgan fingerprint density at radius 1 is 1.64 bits per heavy atom. The molecule has 0 aliphatic carbocycles. The molecule has 0 aliphatic rings. The van der Waals surface area contributed by atoms with Gasteiger partial charge < -0.3 is 11.1 Å². The molecule has 0 bridgehead atoms. The van der Waals surface area contributed by atoms with Crippen LogP contribution in [0, 0.1) is 0 Å². The lowest BCUT2D eigenvalue weighted by molar-refractivity contribution is -0.117. The number of primary amides is 1. The Morgan fingerprint density at radius 3 is 2.93 bits per heavy atom. The fourth-order valence-electron chi connectivity index (χ4n) is 1.15. The Labute approximate surface area is 91.8 Å². The summed E-state index contributed by atoms with van der Waals surface area (Å²) in [4.78, 5) is 10.6. The summed E-state index contributed by atoms with van der Waals surface area (Å²) >= 11 is 3.39. The van der Waals surface area contributed by atoms with Crippen molar-refractivity contribution in [1.29, 1.82) is 0 Å². The van der Waals surface area contributed by atoms with Gasteiger partial charge in [0.05, 0.1) is 6.54 Å². The highest BCUT2D eigenvalue weighted by atomic mass is 79.9. The molecule has 0 aromatic heterocycles. The summed E-state index contributed by atoms with van der Waals surface area (Å²) in [5.41, 5.74) is 6.16. The van der Waals surface area contributed by atoms with Gasteiger partial charge in [0.15, 0.2) is 0 Å². The lowest BCUT2D eigenvalue weighted by Gasteiger charge is -2.12. The molecule has 0 spiro atoms. The van der Waals surface area contributed by atoms with Crippen LogP contribution in [0.3, 0.4) is 0 Å². The van der Waals surface area contributed by atoms with Crippen LogP contribution in [0.15, 0.2) is 28.7 Å². The second-order valence-electron chi connectivity index (χ2n) is 3.12. The molecule has 4 heteroatoms. The van der Waals surface area contributed by atoms with Crippen molar-refractivity contribution in [2.24, 2.45) is 5.73 Å². The highest BCUT2D eigenvalue weighted by Gasteiger charge is 2.05. The van der Waals surface area contributed by atoms with Crippen LogP contribution in [0.5, 0.6) is 0 Å². The summed E-state index contributed by atoms with van der Waals surface area (Å²) in [7, 11) is 0. The number of rotatable bonds is 4. The van der Waals surface area contributed by atoms with Crippen molar-refractivity contribution in [3.05, 3.63) is 34.3 Å². The van der Waals surface area contributed by atoms with Crippen LogP contribution in [0.25, 0.3) is 0 Å². The van der Waals surface area contributed by atoms with Gasteiger partial charge in [0.2, 0.25) is 5.91 Å². The molecule has 0 unspecified atom stereocenters. The third-order valence-corrected chi connectivity index (χ3v) is 2.42. The molecule has 1 rings (SSSR count). The molecule has 0 fully saturated rings. The van der Waals surface area contributed by atoms with Crippen LogP contribution in [0.1, 0.15) is 18.5 Å². The normalized spacial score (nSPS) is 12.4. The highest BCUT2D eigenvalue weighted by molar-refractivity contribution is 9.10. The second kappa shape index (κ2) is 5.12. The molecule has 0 saturated carbocycles. The molecule has 0 heterocycles. The number of nitrogens with two attached hydrogens (primary N) is 1. The standard InChI is InChI=1S/C10H13BrN2O/c1-7(13-6-10(12)14)8-3-2-4-9(11)5-8/h2-5,7,13H,6H2,1H3,(H2,12,14)/t7-/m0/s1. The summed E-state index contributed by atoms with van der Waals surface area (Å²) in [5, 5.41) is 3.03. The van der Waals surface area contributed by atoms with Crippen molar-refractivity contribution in [2.75, 3.05) is 6.54 Å². The minimum atomic E-state index is -0.341. The maximum Gasteiger partial charge on any atom is 0.231 e. The van der Waals surface area contributed by atoms with Gasteiger partial charge in [-0.25, -0.2) is 0 Å². The van der Waals surface area contributed by atoms with Crippen molar-refractivity contribution in [3.8, 4) is 0 Å². The number of carbonyl (C=O) groups excluding carboxylic acids is 1. The fraction of sp³-hybridized carbons (Fsp3) is 0.300. The van der Waals surface area contributed by atoms with Gasteiger partial charge in [-0.05, 0) is 24.6 Å². The van der Waals surface area contributed by atoms with E-state index in [1.807, 2.05) is 31.2 Å². The van der Waals surface area contributed by atoms with E-state index in [-0.39, 0.29) is 18.5 Å². The molecule has 0 aliphatic heterocycles. The van der Waals surface area contributed by atoms with E-state index in [4.69, 9.17) is 5.73 Å². The van der Waals surface area contributed by atoms with Gasteiger partial charge >= 0.3 is 0 Å². The molecule has 3 nitrogen and oxygen atoms in total. The third-order valence-electron chi connectivity index (χ3n) is 1.93. The lowest BCUT2D eigenvalue weighted by atomic mass is 10.1. The van der Waals surface area contributed by atoms with Gasteiger partial charge in [0.1, 0.15) is 0 Å². The molecule has 1 amide bonds. The zero-order valence-corrected chi connectivity index (χ0v) is 9.54. The van der Waals surface area contributed by atoms with E-state index in [1.165, 1.54) is 0 Å². The van der Waals surface area contributed by atoms with Gasteiger partial charge in [-0.2, -0.15) is 0 Å². The van der Waals surface area contributed by atoms with Crippen LogP contribution < -0.4 is 11.1 Å². The van der Waals surface area contributed by atoms with Crippen LogP contribution in [0.4, 0.5) is 0 Å². The lowest BCUT2D eigenvalue weighted by Crippen LogP contribution is -2.30. The molecular formula is C10H13BrN2O. The summed E-state index contributed by atoms with van der Waals surface area (Å²) < 4.78 is 1.03. The Bertz CT molecular complexity index is 328. The molecule has 1 atom stereocenters. The smallest absolute Gasteiger partial charge is 0.231 e. The summed E-state index contributed by atoms with van der Waals surface area (Å²) in [5.74, 6) is -0.341. The predicted molar refractivity (Wildman–Crippen MR) is 59.8 cm³/mol. The predicted octanol–water partition coefficient (Wildman–Crippen LogP) is 1.58. The SMILES string of the molecule is C[C@H](NCC(N)=O)c1cccc(Br)c1. The first kappa shape index (κ1) is 11.2. The molecular weight excluding hydrogens is 244 g/mol. The number of nitrogens with one attached hydrogen (secondary N) is 1. The minimum Gasteiger partial charge on any atom is -0.369 e. The van der Waals surface area contributed by atoms with Crippen LogP contribution >= 0.6 is 15.9 Å². The maximum atomic E-state index is 10.6. The van der Waals surface area contributed by atoms with Crippen molar-refractivity contribution < 1.29 is 4.79 Å². The monoisotopic (exact) mass is 256 g/mol. The van der Waals surface area contributed by atoms with E-state index in [2.05, 4.69) is 21.2 Å². The average molecular weight is 257 g/mol. The second-order valence-corrected chi connectivity index (χ2v) is 4.04. The molecule has 3 N–H and O–H groups in total. The topological polar surface area (TPSA) is 55.1 Å².